The summed E-state index contributed by atoms with van der Waals surface area (Å²) in [5.41, 5.74) is 0. The van der Waals surface area contributed by atoms with Crippen molar-refractivity contribution in [1.82, 2.24) is 0 Å². The van der Waals surface area contributed by atoms with E-state index in [0.29, 0.717) is 5.78 Å². The van der Waals surface area contributed by atoms with Crippen molar-refractivity contribution in [3.05, 3.63) is 0 Å². The second kappa shape index (κ2) is 14.1. The van der Waals surface area contributed by atoms with E-state index in [1.54, 1.807) is 6.92 Å². The lowest BCUT2D eigenvalue weighted by Crippen LogP contribution is -2.05. The third-order valence-electron chi connectivity index (χ3n) is 4.18. The molecule has 1 atom stereocenters. The molecule has 0 saturated carbocycles. The molecule has 0 fully saturated rings. The van der Waals surface area contributed by atoms with Crippen LogP contribution in [0.3, 0.4) is 0 Å². The molecule has 0 heterocycles. The van der Waals surface area contributed by atoms with Crippen LogP contribution in [-0.4, -0.2) is 5.78 Å². The van der Waals surface area contributed by atoms with Gasteiger partial charge in [-0.1, -0.05) is 90.9 Å². The van der Waals surface area contributed by atoms with E-state index in [1.165, 1.54) is 77.0 Å². The number of hydrogen-bond acceptors (Lipinski definition) is 1. The summed E-state index contributed by atoms with van der Waals surface area (Å²) < 4.78 is 0. The number of Topliss-reactive ketones (excluding diaryl/α,β-unsaturated/α-hetero) is 1. The van der Waals surface area contributed by atoms with Gasteiger partial charge in [-0.15, -0.1) is 0 Å². The van der Waals surface area contributed by atoms with E-state index in [2.05, 4.69) is 13.8 Å². The third-order valence-corrected chi connectivity index (χ3v) is 4.18. The molecule has 0 radical (unpaired) electrons. The number of unbranched alkanes of at least 4 members (excludes halogenated alkanes) is 11. The van der Waals surface area contributed by atoms with Gasteiger partial charge >= 0.3 is 0 Å². The predicted octanol–water partition coefficient (Wildman–Crippen LogP) is 6.30. The Morgan fingerprint density at radius 2 is 1.11 bits per heavy atom. The fourth-order valence-corrected chi connectivity index (χ4v) is 2.49. The second-order valence-corrected chi connectivity index (χ2v) is 6.19. The fraction of sp³-hybridized carbons (Fsp3) is 0.944. The van der Waals surface area contributed by atoms with E-state index in [-0.39, 0.29) is 5.92 Å². The highest BCUT2D eigenvalue weighted by Gasteiger charge is 2.05. The monoisotopic (exact) mass is 268 g/mol. The minimum absolute atomic E-state index is 0.281. The first-order valence-electron chi connectivity index (χ1n) is 8.69. The minimum Gasteiger partial charge on any atom is -0.300 e. The van der Waals surface area contributed by atoms with Crippen LogP contribution < -0.4 is 0 Å². The molecular formula is C18H36O. The molecule has 1 unspecified atom stereocenters. The van der Waals surface area contributed by atoms with Gasteiger partial charge in [-0.3, -0.25) is 4.79 Å². The van der Waals surface area contributed by atoms with Crippen LogP contribution in [0.5, 0.6) is 0 Å². The van der Waals surface area contributed by atoms with Gasteiger partial charge in [0.25, 0.3) is 0 Å². The molecule has 0 saturated heterocycles. The standard InChI is InChI=1S/C18H36O/c1-4-5-6-7-8-9-10-11-12-13-14-15-16-17(2)18(3)19/h17H,4-16H2,1-3H3. The van der Waals surface area contributed by atoms with Crippen molar-refractivity contribution in [1.29, 1.82) is 0 Å². The Kier molecular flexibility index (Phi) is 13.8. The molecule has 19 heavy (non-hydrogen) atoms. The van der Waals surface area contributed by atoms with Crippen molar-refractivity contribution in [3.8, 4) is 0 Å². The maximum atomic E-state index is 11.1. The summed E-state index contributed by atoms with van der Waals surface area (Å²) in [4.78, 5) is 11.1. The highest BCUT2D eigenvalue weighted by Crippen LogP contribution is 2.14. The van der Waals surface area contributed by atoms with Crippen LogP contribution in [-0.2, 0) is 4.79 Å². The first-order valence-corrected chi connectivity index (χ1v) is 8.69. The Hall–Kier alpha value is -0.330. The number of ketones is 1. The van der Waals surface area contributed by atoms with Crippen LogP contribution in [0, 0.1) is 5.92 Å². The van der Waals surface area contributed by atoms with E-state index in [1.807, 2.05) is 0 Å². The highest BCUT2D eigenvalue weighted by molar-refractivity contribution is 5.77. The zero-order chi connectivity index (χ0) is 14.3. The van der Waals surface area contributed by atoms with E-state index in [0.717, 1.165) is 6.42 Å². The molecule has 0 aliphatic carbocycles. The van der Waals surface area contributed by atoms with Crippen molar-refractivity contribution in [3.63, 3.8) is 0 Å². The zero-order valence-corrected chi connectivity index (χ0v) is 13.7. The van der Waals surface area contributed by atoms with Crippen LogP contribution in [0.4, 0.5) is 0 Å². The Morgan fingerprint density at radius 1 is 0.737 bits per heavy atom. The van der Waals surface area contributed by atoms with Crippen molar-refractivity contribution in [2.45, 2.75) is 104 Å². The van der Waals surface area contributed by atoms with Gasteiger partial charge in [-0.05, 0) is 13.3 Å². The van der Waals surface area contributed by atoms with Gasteiger partial charge in [-0.2, -0.15) is 0 Å². The van der Waals surface area contributed by atoms with Gasteiger partial charge < -0.3 is 0 Å². The Bertz CT molecular complexity index is 198. The molecule has 0 aromatic heterocycles. The number of rotatable bonds is 14. The van der Waals surface area contributed by atoms with Crippen LogP contribution in [0.2, 0.25) is 0 Å². The molecule has 0 aliphatic heterocycles. The Morgan fingerprint density at radius 3 is 1.47 bits per heavy atom. The Balaban J connectivity index is 3.05. The summed E-state index contributed by atoms with van der Waals surface area (Å²) in [5, 5.41) is 0. The SMILES string of the molecule is CCCCCCCCCCCCCCC(C)C(C)=O. The third kappa shape index (κ3) is 13.9. The van der Waals surface area contributed by atoms with Gasteiger partial charge in [0.05, 0.1) is 0 Å². The molecule has 1 heteroatoms. The molecule has 0 aromatic rings. The van der Waals surface area contributed by atoms with E-state index < -0.39 is 0 Å². The lowest BCUT2D eigenvalue weighted by atomic mass is 9.98. The largest absolute Gasteiger partial charge is 0.300 e. The first-order chi connectivity index (χ1) is 9.18. The molecule has 0 N–H and O–H groups in total. The number of carbonyl (C=O) groups is 1. The summed E-state index contributed by atoms with van der Waals surface area (Å²) >= 11 is 0. The van der Waals surface area contributed by atoms with Crippen LogP contribution in [0.15, 0.2) is 0 Å². The normalized spacial score (nSPS) is 12.6. The smallest absolute Gasteiger partial charge is 0.132 e. The summed E-state index contributed by atoms with van der Waals surface area (Å²) in [5.74, 6) is 0.631. The average molecular weight is 268 g/mol. The van der Waals surface area contributed by atoms with Crippen molar-refractivity contribution >= 4 is 5.78 Å². The Labute approximate surface area is 121 Å². The van der Waals surface area contributed by atoms with Gasteiger partial charge in [-0.25, -0.2) is 0 Å². The maximum Gasteiger partial charge on any atom is 0.132 e. The van der Waals surface area contributed by atoms with Crippen molar-refractivity contribution < 1.29 is 4.79 Å². The number of carbonyl (C=O) groups excluding carboxylic acids is 1. The van der Waals surface area contributed by atoms with Gasteiger partial charge in [0.1, 0.15) is 5.78 Å². The van der Waals surface area contributed by atoms with Crippen LogP contribution in [0.25, 0.3) is 0 Å². The second-order valence-electron chi connectivity index (χ2n) is 6.19. The molecule has 0 rings (SSSR count). The average Bonchev–Trinajstić information content (AvgIpc) is 2.39. The zero-order valence-electron chi connectivity index (χ0n) is 13.7. The summed E-state index contributed by atoms with van der Waals surface area (Å²) in [7, 11) is 0. The topological polar surface area (TPSA) is 17.1 Å². The van der Waals surface area contributed by atoms with Crippen molar-refractivity contribution in [2.75, 3.05) is 0 Å². The quantitative estimate of drug-likeness (QED) is 0.338. The molecule has 1 nitrogen and oxygen atoms in total. The van der Waals surface area contributed by atoms with Gasteiger partial charge in [0.2, 0.25) is 0 Å². The van der Waals surface area contributed by atoms with E-state index in [4.69, 9.17) is 0 Å². The predicted molar refractivity (Wildman–Crippen MR) is 85.5 cm³/mol. The molecule has 114 valence electrons. The van der Waals surface area contributed by atoms with Gasteiger partial charge in [0, 0.05) is 5.92 Å². The molecular weight excluding hydrogens is 232 g/mol. The van der Waals surface area contributed by atoms with Crippen molar-refractivity contribution in [2.24, 2.45) is 5.92 Å². The summed E-state index contributed by atoms with van der Waals surface area (Å²) in [6, 6.07) is 0. The van der Waals surface area contributed by atoms with Crippen LogP contribution in [0.1, 0.15) is 104 Å². The summed E-state index contributed by atoms with van der Waals surface area (Å²) in [6.45, 7) is 6.04. The molecule has 0 amide bonds. The summed E-state index contributed by atoms with van der Waals surface area (Å²) in [6.07, 6.45) is 17.7. The van der Waals surface area contributed by atoms with E-state index in [9.17, 15) is 4.79 Å². The fourth-order valence-electron chi connectivity index (χ4n) is 2.49. The number of hydrogen-bond donors (Lipinski definition) is 0. The molecule has 0 aliphatic rings. The molecule has 0 aromatic carbocycles. The maximum absolute atomic E-state index is 11.1. The van der Waals surface area contributed by atoms with Crippen LogP contribution >= 0.6 is 0 Å². The lowest BCUT2D eigenvalue weighted by molar-refractivity contribution is -0.120. The minimum atomic E-state index is 0.281. The van der Waals surface area contributed by atoms with E-state index >= 15 is 0 Å². The van der Waals surface area contributed by atoms with Gasteiger partial charge in [0.15, 0.2) is 0 Å². The highest BCUT2D eigenvalue weighted by atomic mass is 16.1. The first kappa shape index (κ1) is 18.7. The lowest BCUT2D eigenvalue weighted by Gasteiger charge is -2.06. The molecule has 0 spiro atoms. The molecule has 0 bridgehead atoms.